The number of thioether (sulfide) groups is 1. The first-order valence-electron chi connectivity index (χ1n) is 5.62. The Morgan fingerprint density at radius 3 is 2.83 bits per heavy atom. The van der Waals surface area contributed by atoms with E-state index in [2.05, 4.69) is 40.7 Å². The lowest BCUT2D eigenvalue weighted by molar-refractivity contribution is 0.959. The van der Waals surface area contributed by atoms with Crippen LogP contribution >= 0.6 is 34.4 Å². The zero-order valence-electron chi connectivity index (χ0n) is 9.58. The Bertz CT molecular complexity index is 598. The van der Waals surface area contributed by atoms with E-state index in [0.29, 0.717) is 11.8 Å². The van der Waals surface area contributed by atoms with Crippen LogP contribution in [-0.4, -0.2) is 11.5 Å². The minimum Gasteiger partial charge on any atom is -0.329 e. The van der Waals surface area contributed by atoms with Crippen LogP contribution in [0.25, 0.3) is 10.2 Å². The highest BCUT2D eigenvalue weighted by Gasteiger charge is 2.15. The molecule has 2 heterocycles. The van der Waals surface area contributed by atoms with E-state index in [-0.39, 0.29) is 0 Å². The first-order chi connectivity index (χ1) is 8.86. The summed E-state index contributed by atoms with van der Waals surface area (Å²) in [6.07, 6.45) is 0. The van der Waals surface area contributed by atoms with Crippen molar-refractivity contribution in [2.24, 2.45) is 5.73 Å². The van der Waals surface area contributed by atoms with E-state index in [1.54, 1.807) is 34.4 Å². The summed E-state index contributed by atoms with van der Waals surface area (Å²) in [5, 5.41) is 2.40. The molecule has 0 radical (unpaired) electrons. The number of fused-ring (bicyclic) bond motifs is 1. The number of nitrogens with two attached hydrogens (primary N) is 1. The van der Waals surface area contributed by atoms with E-state index < -0.39 is 0 Å². The Labute approximate surface area is 118 Å². The standard InChI is InChI=1S/C13H12N2S3/c14-8-12(11-6-3-7-16-11)18-13-15-9-4-1-2-5-10(9)17-13/h1-7,12H,8,14H2. The molecule has 92 valence electrons. The van der Waals surface area contributed by atoms with Crippen molar-refractivity contribution >= 4 is 44.7 Å². The van der Waals surface area contributed by atoms with Gasteiger partial charge in [0.25, 0.3) is 0 Å². The highest BCUT2D eigenvalue weighted by molar-refractivity contribution is 8.01. The first-order valence-corrected chi connectivity index (χ1v) is 8.20. The van der Waals surface area contributed by atoms with Gasteiger partial charge in [-0.25, -0.2) is 4.98 Å². The van der Waals surface area contributed by atoms with Crippen molar-refractivity contribution in [2.45, 2.75) is 9.59 Å². The molecule has 18 heavy (non-hydrogen) atoms. The van der Waals surface area contributed by atoms with Crippen molar-refractivity contribution < 1.29 is 0 Å². The number of para-hydroxylation sites is 1. The summed E-state index contributed by atoms with van der Waals surface area (Å²) in [5.74, 6) is 0. The molecule has 0 saturated carbocycles. The minimum atomic E-state index is 0.311. The fourth-order valence-electron chi connectivity index (χ4n) is 1.72. The molecule has 0 amide bonds. The van der Waals surface area contributed by atoms with Gasteiger partial charge >= 0.3 is 0 Å². The molecule has 0 aliphatic rings. The minimum absolute atomic E-state index is 0.311. The van der Waals surface area contributed by atoms with Crippen molar-refractivity contribution in [2.75, 3.05) is 6.54 Å². The molecule has 3 rings (SSSR count). The molecule has 0 aliphatic carbocycles. The normalized spacial score (nSPS) is 12.9. The smallest absolute Gasteiger partial charge is 0.151 e. The van der Waals surface area contributed by atoms with Crippen LogP contribution in [0.2, 0.25) is 0 Å². The van der Waals surface area contributed by atoms with Gasteiger partial charge in [-0.1, -0.05) is 30.0 Å². The van der Waals surface area contributed by atoms with Gasteiger partial charge in [-0.05, 0) is 23.6 Å². The summed E-state index contributed by atoms with van der Waals surface area (Å²) in [5.41, 5.74) is 6.94. The molecule has 0 saturated heterocycles. The Morgan fingerprint density at radius 2 is 2.11 bits per heavy atom. The van der Waals surface area contributed by atoms with E-state index in [1.807, 2.05) is 6.07 Å². The van der Waals surface area contributed by atoms with E-state index in [9.17, 15) is 0 Å². The van der Waals surface area contributed by atoms with E-state index in [4.69, 9.17) is 5.73 Å². The highest BCUT2D eigenvalue weighted by atomic mass is 32.2. The topological polar surface area (TPSA) is 38.9 Å². The Balaban J connectivity index is 1.86. The monoisotopic (exact) mass is 292 g/mol. The quantitative estimate of drug-likeness (QED) is 0.734. The summed E-state index contributed by atoms with van der Waals surface area (Å²) in [6.45, 7) is 0.640. The Kier molecular flexibility index (Phi) is 3.65. The molecule has 2 nitrogen and oxygen atoms in total. The number of thiophene rings is 1. The summed E-state index contributed by atoms with van der Waals surface area (Å²) in [4.78, 5) is 5.96. The molecule has 3 aromatic rings. The van der Waals surface area contributed by atoms with Crippen LogP contribution in [0.15, 0.2) is 46.1 Å². The highest BCUT2D eigenvalue weighted by Crippen LogP contribution is 2.39. The molecule has 0 fully saturated rings. The summed E-state index contributed by atoms with van der Waals surface area (Å²) >= 11 is 5.26. The summed E-state index contributed by atoms with van der Waals surface area (Å²) in [6, 6.07) is 12.5. The van der Waals surface area contributed by atoms with Crippen molar-refractivity contribution in [3.63, 3.8) is 0 Å². The molecule has 0 bridgehead atoms. The van der Waals surface area contributed by atoms with Gasteiger partial charge in [-0.15, -0.1) is 22.7 Å². The SMILES string of the molecule is NCC(Sc1nc2ccccc2s1)c1cccs1. The van der Waals surface area contributed by atoms with Gasteiger partial charge in [0.1, 0.15) is 0 Å². The Hall–Kier alpha value is -0.880. The van der Waals surface area contributed by atoms with Crippen LogP contribution in [0.5, 0.6) is 0 Å². The third kappa shape index (κ3) is 2.44. The average Bonchev–Trinajstić information content (AvgIpc) is 3.04. The molecule has 1 atom stereocenters. The predicted octanol–water partition coefficient (Wildman–Crippen LogP) is 4.15. The van der Waals surface area contributed by atoms with Crippen molar-refractivity contribution in [3.8, 4) is 0 Å². The molecule has 0 spiro atoms. The molecular weight excluding hydrogens is 280 g/mol. The number of aromatic nitrogens is 1. The van der Waals surface area contributed by atoms with Crippen LogP contribution in [0.3, 0.4) is 0 Å². The van der Waals surface area contributed by atoms with Gasteiger partial charge in [0.05, 0.1) is 15.5 Å². The molecular formula is C13H12N2S3. The number of nitrogens with zero attached hydrogens (tertiary/aromatic N) is 1. The van der Waals surface area contributed by atoms with Crippen LogP contribution in [0.4, 0.5) is 0 Å². The van der Waals surface area contributed by atoms with Gasteiger partial charge in [-0.3, -0.25) is 0 Å². The molecule has 0 aliphatic heterocycles. The number of hydrogen-bond acceptors (Lipinski definition) is 5. The van der Waals surface area contributed by atoms with Crippen LogP contribution in [0.1, 0.15) is 10.1 Å². The largest absolute Gasteiger partial charge is 0.329 e. The van der Waals surface area contributed by atoms with E-state index in [0.717, 1.165) is 9.86 Å². The average molecular weight is 292 g/mol. The maximum Gasteiger partial charge on any atom is 0.151 e. The summed E-state index contributed by atoms with van der Waals surface area (Å²) < 4.78 is 2.34. The van der Waals surface area contributed by atoms with Gasteiger partial charge < -0.3 is 5.73 Å². The second kappa shape index (κ2) is 5.40. The second-order valence-corrected chi connectivity index (χ2v) is 7.26. The second-order valence-electron chi connectivity index (χ2n) is 3.81. The fraction of sp³-hybridized carbons (Fsp3) is 0.154. The number of thiazole rings is 1. The third-order valence-corrected chi connectivity index (χ3v) is 6.12. The molecule has 2 N–H and O–H groups in total. The van der Waals surface area contributed by atoms with E-state index in [1.165, 1.54) is 9.58 Å². The lowest BCUT2D eigenvalue weighted by atomic mass is 10.3. The fourth-order valence-corrected chi connectivity index (χ4v) is 4.94. The third-order valence-electron chi connectivity index (χ3n) is 2.59. The van der Waals surface area contributed by atoms with Crippen molar-refractivity contribution in [1.29, 1.82) is 0 Å². The number of benzene rings is 1. The van der Waals surface area contributed by atoms with Crippen molar-refractivity contribution in [3.05, 3.63) is 46.7 Å². The van der Waals surface area contributed by atoms with E-state index >= 15 is 0 Å². The van der Waals surface area contributed by atoms with Gasteiger partial charge in [0, 0.05) is 11.4 Å². The zero-order chi connectivity index (χ0) is 12.4. The van der Waals surface area contributed by atoms with Crippen LogP contribution < -0.4 is 5.73 Å². The van der Waals surface area contributed by atoms with Crippen LogP contribution in [0, 0.1) is 0 Å². The molecule has 2 aromatic heterocycles. The van der Waals surface area contributed by atoms with Gasteiger partial charge in [0.2, 0.25) is 0 Å². The molecule has 5 heteroatoms. The number of hydrogen-bond donors (Lipinski definition) is 1. The molecule has 1 aromatic carbocycles. The summed E-state index contributed by atoms with van der Waals surface area (Å²) in [7, 11) is 0. The van der Waals surface area contributed by atoms with Gasteiger partial charge in [-0.2, -0.15) is 0 Å². The first kappa shape index (κ1) is 12.2. The maximum absolute atomic E-state index is 5.87. The predicted molar refractivity (Wildman–Crippen MR) is 81.6 cm³/mol. The lowest BCUT2D eigenvalue weighted by Crippen LogP contribution is -2.07. The van der Waals surface area contributed by atoms with Crippen molar-refractivity contribution in [1.82, 2.24) is 4.98 Å². The number of rotatable bonds is 4. The van der Waals surface area contributed by atoms with Gasteiger partial charge in [0.15, 0.2) is 4.34 Å². The maximum atomic E-state index is 5.87. The lowest BCUT2D eigenvalue weighted by Gasteiger charge is -2.09. The van der Waals surface area contributed by atoms with Crippen LogP contribution in [-0.2, 0) is 0 Å². The molecule has 1 unspecified atom stereocenters. The zero-order valence-corrected chi connectivity index (χ0v) is 12.0. The Morgan fingerprint density at radius 1 is 1.22 bits per heavy atom.